The molecule has 0 saturated heterocycles. The normalized spacial score (nSPS) is 20.2. The van der Waals surface area contributed by atoms with Crippen molar-refractivity contribution in [1.29, 1.82) is 0 Å². The van der Waals surface area contributed by atoms with E-state index in [0.29, 0.717) is 11.5 Å². The fourth-order valence-electron chi connectivity index (χ4n) is 2.92. The van der Waals surface area contributed by atoms with Crippen LogP contribution in [0.5, 0.6) is 0 Å². The molecule has 1 saturated carbocycles. The molecule has 10 heteroatoms. The highest BCUT2D eigenvalue weighted by atomic mass is 19.4. The van der Waals surface area contributed by atoms with E-state index in [2.05, 4.69) is 15.1 Å². The number of hydrogen-bond acceptors (Lipinski definition) is 5. The predicted octanol–water partition coefficient (Wildman–Crippen LogP) is 2.59. The summed E-state index contributed by atoms with van der Waals surface area (Å²) in [6.45, 7) is -1.38. The van der Waals surface area contributed by atoms with Crippen LogP contribution in [0.3, 0.4) is 0 Å². The molecule has 0 aliphatic heterocycles. The molecule has 0 aromatic carbocycles. The Kier molecular flexibility index (Phi) is 6.67. The van der Waals surface area contributed by atoms with Crippen LogP contribution in [-0.2, 0) is 11.3 Å². The number of alkyl halides is 3. The summed E-state index contributed by atoms with van der Waals surface area (Å²) >= 11 is 0. The summed E-state index contributed by atoms with van der Waals surface area (Å²) in [5.41, 5.74) is 6.35. The molecule has 0 atom stereocenters. The number of hydrogen-bond donors (Lipinski definition) is 2. The first-order chi connectivity index (χ1) is 12.3. The van der Waals surface area contributed by atoms with Crippen LogP contribution < -0.4 is 5.73 Å². The summed E-state index contributed by atoms with van der Waals surface area (Å²) in [4.78, 5) is 16.8. The zero-order valence-electron chi connectivity index (χ0n) is 13.9. The van der Waals surface area contributed by atoms with Crippen LogP contribution in [0.2, 0.25) is 0 Å². The average molecular weight is 371 g/mol. The minimum absolute atomic E-state index is 0.0397. The monoisotopic (exact) mass is 371 g/mol. The van der Waals surface area contributed by atoms with Crippen molar-refractivity contribution < 1.29 is 23.1 Å². The third kappa shape index (κ3) is 5.51. The summed E-state index contributed by atoms with van der Waals surface area (Å²) < 4.78 is 39.5. The number of aromatic nitrogens is 4. The summed E-state index contributed by atoms with van der Waals surface area (Å²) in [6.07, 6.45) is 0.289. The maximum atomic E-state index is 12.8. The second-order valence-electron chi connectivity index (χ2n) is 6.00. The Bertz CT molecular complexity index is 698. The second kappa shape index (κ2) is 8.75. The third-order valence-electron chi connectivity index (χ3n) is 4.06. The smallest absolute Gasteiger partial charge is 0.408 e. The molecule has 2 aromatic rings. The van der Waals surface area contributed by atoms with Crippen molar-refractivity contribution in [3.8, 4) is 11.5 Å². The largest absolute Gasteiger partial charge is 0.483 e. The Balaban J connectivity index is 0.000000758. The predicted molar refractivity (Wildman–Crippen MR) is 87.2 cm³/mol. The minimum atomic E-state index is -4.34. The van der Waals surface area contributed by atoms with Crippen molar-refractivity contribution in [1.82, 2.24) is 19.7 Å². The lowest BCUT2D eigenvalue weighted by atomic mass is 9.86. The van der Waals surface area contributed by atoms with Gasteiger partial charge in [0.25, 0.3) is 6.47 Å². The van der Waals surface area contributed by atoms with E-state index >= 15 is 0 Å². The minimum Gasteiger partial charge on any atom is -0.483 e. The molecule has 3 rings (SSSR count). The summed E-state index contributed by atoms with van der Waals surface area (Å²) in [6, 6.07) is 5.31. The number of pyridine rings is 1. The second-order valence-corrected chi connectivity index (χ2v) is 6.00. The molecule has 26 heavy (non-hydrogen) atoms. The van der Waals surface area contributed by atoms with Gasteiger partial charge in [0, 0.05) is 18.2 Å². The van der Waals surface area contributed by atoms with Gasteiger partial charge in [0.2, 0.25) is 0 Å². The lowest BCUT2D eigenvalue weighted by Crippen LogP contribution is -2.28. The molecule has 2 aromatic heterocycles. The Labute approximate surface area is 148 Å². The van der Waals surface area contributed by atoms with E-state index in [1.165, 1.54) is 0 Å². The molecular weight excluding hydrogens is 351 g/mol. The topological polar surface area (TPSA) is 107 Å². The Hall–Kier alpha value is -2.49. The molecule has 3 N–H and O–H groups in total. The number of rotatable bonds is 3. The molecule has 0 unspecified atom stereocenters. The summed E-state index contributed by atoms with van der Waals surface area (Å²) in [5.74, 6) is 0.580. The van der Waals surface area contributed by atoms with Crippen molar-refractivity contribution in [3.63, 3.8) is 0 Å². The van der Waals surface area contributed by atoms with E-state index in [1.54, 1.807) is 24.4 Å². The fourth-order valence-corrected chi connectivity index (χ4v) is 2.92. The van der Waals surface area contributed by atoms with E-state index in [1.807, 2.05) is 0 Å². The number of carbonyl (C=O) groups is 1. The van der Waals surface area contributed by atoms with E-state index in [9.17, 15) is 13.2 Å². The van der Waals surface area contributed by atoms with Gasteiger partial charge in [-0.1, -0.05) is 6.07 Å². The molecule has 7 nitrogen and oxygen atoms in total. The number of nitrogens with two attached hydrogens (primary N) is 1. The van der Waals surface area contributed by atoms with E-state index in [0.717, 1.165) is 30.4 Å². The highest BCUT2D eigenvalue weighted by molar-refractivity contribution is 5.47. The van der Waals surface area contributed by atoms with Gasteiger partial charge in [0.1, 0.15) is 18.1 Å². The van der Waals surface area contributed by atoms with Crippen molar-refractivity contribution in [2.24, 2.45) is 5.73 Å². The first-order valence-electron chi connectivity index (χ1n) is 8.10. The molecule has 1 aliphatic rings. The first kappa shape index (κ1) is 19.8. The van der Waals surface area contributed by atoms with Gasteiger partial charge in [-0.25, -0.2) is 9.67 Å². The van der Waals surface area contributed by atoms with Crippen molar-refractivity contribution >= 4 is 6.47 Å². The highest BCUT2D eigenvalue weighted by Crippen LogP contribution is 2.33. The SMILES string of the molecule is NC1CCC(c2nc(-c3ccccn3)nn2CC(F)(F)F)CC1.O=CO. The van der Waals surface area contributed by atoms with Crippen LogP contribution in [0.15, 0.2) is 24.4 Å². The van der Waals surface area contributed by atoms with E-state index in [4.69, 9.17) is 15.6 Å². The number of nitrogens with zero attached hydrogens (tertiary/aromatic N) is 4. The number of halogens is 3. The molecule has 0 bridgehead atoms. The zero-order valence-corrected chi connectivity index (χ0v) is 13.9. The maximum Gasteiger partial charge on any atom is 0.408 e. The molecule has 0 spiro atoms. The van der Waals surface area contributed by atoms with Gasteiger partial charge in [-0.05, 0) is 37.8 Å². The van der Waals surface area contributed by atoms with Crippen molar-refractivity contribution in [2.75, 3.05) is 0 Å². The van der Waals surface area contributed by atoms with Crippen molar-refractivity contribution in [2.45, 2.75) is 50.4 Å². The van der Waals surface area contributed by atoms with Crippen LogP contribution >= 0.6 is 0 Å². The molecular formula is C16H20F3N5O2. The highest BCUT2D eigenvalue weighted by Gasteiger charge is 2.33. The Morgan fingerprint density at radius 2 is 1.92 bits per heavy atom. The molecule has 0 amide bonds. The van der Waals surface area contributed by atoms with Gasteiger partial charge in [-0.3, -0.25) is 9.78 Å². The molecule has 1 aliphatic carbocycles. The van der Waals surface area contributed by atoms with Crippen LogP contribution in [0.25, 0.3) is 11.5 Å². The molecule has 0 radical (unpaired) electrons. The van der Waals surface area contributed by atoms with Crippen molar-refractivity contribution in [3.05, 3.63) is 30.2 Å². The summed E-state index contributed by atoms with van der Waals surface area (Å²) in [7, 11) is 0. The van der Waals surface area contributed by atoms with Gasteiger partial charge < -0.3 is 10.8 Å². The lowest BCUT2D eigenvalue weighted by molar-refractivity contribution is -0.143. The molecule has 2 heterocycles. The average Bonchev–Trinajstić information content (AvgIpc) is 2.99. The number of carboxylic acid groups (broad SMARTS) is 1. The summed E-state index contributed by atoms with van der Waals surface area (Å²) in [5, 5.41) is 10.9. The zero-order chi connectivity index (χ0) is 19.2. The van der Waals surface area contributed by atoms with Crippen LogP contribution in [0.4, 0.5) is 13.2 Å². The first-order valence-corrected chi connectivity index (χ1v) is 8.10. The van der Waals surface area contributed by atoms with Gasteiger partial charge >= 0.3 is 6.18 Å². The van der Waals surface area contributed by atoms with Crippen LogP contribution in [0, 0.1) is 0 Å². The Morgan fingerprint density at radius 1 is 1.27 bits per heavy atom. The van der Waals surface area contributed by atoms with Crippen LogP contribution in [0.1, 0.15) is 37.4 Å². The van der Waals surface area contributed by atoms with E-state index in [-0.39, 0.29) is 24.3 Å². The van der Waals surface area contributed by atoms with Gasteiger partial charge in [-0.15, -0.1) is 5.10 Å². The van der Waals surface area contributed by atoms with Gasteiger partial charge in [0.05, 0.1) is 0 Å². The van der Waals surface area contributed by atoms with Gasteiger partial charge in [-0.2, -0.15) is 13.2 Å². The molecule has 142 valence electrons. The quantitative estimate of drug-likeness (QED) is 0.803. The van der Waals surface area contributed by atoms with Crippen LogP contribution in [-0.4, -0.2) is 43.5 Å². The Morgan fingerprint density at radius 3 is 2.46 bits per heavy atom. The standard InChI is InChI=1S/C15H18F3N5.CH2O2/c16-15(17,18)9-23-14(10-4-6-11(19)7-5-10)21-13(22-23)12-3-1-2-8-20-12;2-1-3/h1-3,8,10-11H,4-7,9,19H2;1H,(H,2,3). The third-order valence-corrected chi connectivity index (χ3v) is 4.06. The van der Waals surface area contributed by atoms with E-state index < -0.39 is 12.7 Å². The lowest BCUT2D eigenvalue weighted by Gasteiger charge is -2.25. The fraction of sp³-hybridized carbons (Fsp3) is 0.500. The molecule has 1 fully saturated rings. The van der Waals surface area contributed by atoms with Gasteiger partial charge in [0.15, 0.2) is 5.82 Å². The maximum absolute atomic E-state index is 12.8.